The number of benzene rings is 2. The standard InChI is InChI=1S/C20H14FN5O/c21-16-7-14-11(5-12(16)8-22)1-3-17(14)24-13-2-4-18-15(6-13)20(26-25-18)19-9-23-10-27-19/h2,4-7,9-10,17,24H,1,3H2,(H,25,26). The molecule has 0 bridgehead atoms. The van der Waals surface area contributed by atoms with Gasteiger partial charge in [0.2, 0.25) is 0 Å². The van der Waals surface area contributed by atoms with Crippen LogP contribution in [-0.2, 0) is 6.42 Å². The number of hydrogen-bond acceptors (Lipinski definition) is 5. The number of nitrogens with one attached hydrogen (secondary N) is 2. The number of fused-ring (bicyclic) bond motifs is 2. The van der Waals surface area contributed by atoms with Crippen molar-refractivity contribution in [1.82, 2.24) is 15.2 Å². The van der Waals surface area contributed by atoms with Crippen LogP contribution in [0, 0.1) is 17.1 Å². The zero-order chi connectivity index (χ0) is 18.4. The number of H-pyrrole nitrogens is 1. The molecular formula is C20H14FN5O. The van der Waals surface area contributed by atoms with Gasteiger partial charge in [-0.05, 0) is 54.3 Å². The average Bonchev–Trinajstić information content (AvgIpc) is 3.41. The van der Waals surface area contributed by atoms with Crippen molar-refractivity contribution in [3.63, 3.8) is 0 Å². The number of aromatic amines is 1. The SMILES string of the molecule is N#Cc1cc2c(cc1F)C(Nc1ccc3[nH]nc(-c4cnco4)c3c1)CC2. The number of rotatable bonds is 3. The van der Waals surface area contributed by atoms with Crippen LogP contribution in [0.1, 0.15) is 29.2 Å². The van der Waals surface area contributed by atoms with Crippen LogP contribution in [0.2, 0.25) is 0 Å². The zero-order valence-corrected chi connectivity index (χ0v) is 14.2. The van der Waals surface area contributed by atoms with Crippen LogP contribution >= 0.6 is 0 Å². The smallest absolute Gasteiger partial charge is 0.181 e. The molecule has 2 heterocycles. The number of nitriles is 1. The molecule has 0 aliphatic heterocycles. The van der Waals surface area contributed by atoms with Gasteiger partial charge in [0.05, 0.1) is 23.3 Å². The topological polar surface area (TPSA) is 90.5 Å². The highest BCUT2D eigenvalue weighted by atomic mass is 19.1. The number of aryl methyl sites for hydroxylation is 1. The summed E-state index contributed by atoms with van der Waals surface area (Å²) in [6.07, 6.45) is 4.66. The molecule has 0 amide bonds. The molecule has 2 aromatic heterocycles. The molecule has 1 aliphatic rings. The fraction of sp³-hybridized carbons (Fsp3) is 0.150. The quantitative estimate of drug-likeness (QED) is 0.568. The maximum absolute atomic E-state index is 14.1. The van der Waals surface area contributed by atoms with E-state index in [-0.39, 0.29) is 11.6 Å². The van der Waals surface area contributed by atoms with E-state index in [0.717, 1.165) is 40.6 Å². The van der Waals surface area contributed by atoms with Crippen molar-refractivity contribution >= 4 is 16.6 Å². The fourth-order valence-corrected chi connectivity index (χ4v) is 3.69. The Bertz CT molecular complexity index is 1190. The second kappa shape index (κ2) is 5.95. The van der Waals surface area contributed by atoms with Crippen LogP contribution in [0.5, 0.6) is 0 Å². The van der Waals surface area contributed by atoms with E-state index in [9.17, 15) is 4.39 Å². The number of anilines is 1. The molecule has 0 saturated heterocycles. The predicted octanol–water partition coefficient (Wildman–Crippen LogP) is 4.33. The Hall–Kier alpha value is -3.66. The van der Waals surface area contributed by atoms with Gasteiger partial charge in [0.25, 0.3) is 0 Å². The second-order valence-electron chi connectivity index (χ2n) is 6.58. The Morgan fingerprint density at radius 3 is 3.04 bits per heavy atom. The van der Waals surface area contributed by atoms with Gasteiger partial charge in [-0.25, -0.2) is 9.37 Å². The number of hydrogen-bond donors (Lipinski definition) is 2. The number of halogens is 1. The lowest BCUT2D eigenvalue weighted by Gasteiger charge is -2.16. The summed E-state index contributed by atoms with van der Waals surface area (Å²) in [4.78, 5) is 3.94. The van der Waals surface area contributed by atoms with Gasteiger partial charge in [-0.3, -0.25) is 5.10 Å². The number of oxazole rings is 1. The van der Waals surface area contributed by atoms with Gasteiger partial charge in [0.15, 0.2) is 12.2 Å². The average molecular weight is 359 g/mol. The molecule has 2 N–H and O–H groups in total. The van der Waals surface area contributed by atoms with Gasteiger partial charge >= 0.3 is 0 Å². The molecule has 4 aromatic rings. The van der Waals surface area contributed by atoms with E-state index in [1.54, 1.807) is 12.3 Å². The van der Waals surface area contributed by atoms with Crippen LogP contribution in [0.15, 0.2) is 47.3 Å². The lowest BCUT2D eigenvalue weighted by molar-refractivity contribution is 0.570. The molecule has 1 unspecified atom stereocenters. The first-order valence-electron chi connectivity index (χ1n) is 8.59. The van der Waals surface area contributed by atoms with Gasteiger partial charge in [-0.1, -0.05) is 0 Å². The molecule has 132 valence electrons. The van der Waals surface area contributed by atoms with E-state index in [2.05, 4.69) is 20.5 Å². The van der Waals surface area contributed by atoms with Crippen molar-refractivity contribution < 1.29 is 8.81 Å². The van der Waals surface area contributed by atoms with Crippen molar-refractivity contribution in [2.45, 2.75) is 18.9 Å². The van der Waals surface area contributed by atoms with Crippen LogP contribution in [0.25, 0.3) is 22.4 Å². The van der Waals surface area contributed by atoms with E-state index in [1.165, 1.54) is 12.5 Å². The maximum atomic E-state index is 14.1. The second-order valence-corrected chi connectivity index (χ2v) is 6.58. The van der Waals surface area contributed by atoms with Crippen LogP contribution in [0.4, 0.5) is 10.1 Å². The highest BCUT2D eigenvalue weighted by Gasteiger charge is 2.24. The van der Waals surface area contributed by atoms with Crippen LogP contribution < -0.4 is 5.32 Å². The summed E-state index contributed by atoms with van der Waals surface area (Å²) >= 11 is 0. The molecule has 0 fully saturated rings. The third kappa shape index (κ3) is 2.54. The summed E-state index contributed by atoms with van der Waals surface area (Å²) in [6, 6.07) is 10.9. The summed E-state index contributed by atoms with van der Waals surface area (Å²) in [5, 5.41) is 20.7. The summed E-state index contributed by atoms with van der Waals surface area (Å²) < 4.78 is 19.4. The largest absolute Gasteiger partial charge is 0.442 e. The van der Waals surface area contributed by atoms with Crippen molar-refractivity contribution in [3.05, 3.63) is 65.4 Å². The van der Waals surface area contributed by atoms with Crippen molar-refractivity contribution in [1.29, 1.82) is 5.26 Å². The minimum atomic E-state index is -0.470. The van der Waals surface area contributed by atoms with E-state index in [0.29, 0.717) is 11.5 Å². The van der Waals surface area contributed by atoms with Crippen molar-refractivity contribution in [2.24, 2.45) is 0 Å². The van der Waals surface area contributed by atoms with E-state index < -0.39 is 5.82 Å². The molecule has 1 aliphatic carbocycles. The highest BCUT2D eigenvalue weighted by molar-refractivity contribution is 5.93. The summed E-state index contributed by atoms with van der Waals surface area (Å²) in [5.41, 5.74) is 4.54. The fourth-order valence-electron chi connectivity index (χ4n) is 3.69. The molecule has 0 saturated carbocycles. The van der Waals surface area contributed by atoms with Gasteiger partial charge in [-0.2, -0.15) is 10.4 Å². The number of aromatic nitrogens is 3. The molecule has 1 atom stereocenters. The third-order valence-electron chi connectivity index (χ3n) is 5.00. The lowest BCUT2D eigenvalue weighted by Crippen LogP contribution is -2.07. The minimum Gasteiger partial charge on any atom is -0.442 e. The van der Waals surface area contributed by atoms with Gasteiger partial charge < -0.3 is 9.73 Å². The monoisotopic (exact) mass is 359 g/mol. The molecule has 0 radical (unpaired) electrons. The van der Waals surface area contributed by atoms with Gasteiger partial charge in [-0.15, -0.1) is 0 Å². The lowest BCUT2D eigenvalue weighted by atomic mass is 10.0. The first kappa shape index (κ1) is 15.6. The Morgan fingerprint density at radius 2 is 2.22 bits per heavy atom. The number of nitrogens with zero attached hydrogens (tertiary/aromatic N) is 3. The third-order valence-corrected chi connectivity index (χ3v) is 5.00. The Labute approximate surface area is 153 Å². The van der Waals surface area contributed by atoms with Crippen molar-refractivity contribution in [3.8, 4) is 17.5 Å². The molecule has 0 spiro atoms. The Balaban J connectivity index is 1.49. The Kier molecular flexibility index (Phi) is 3.44. The predicted molar refractivity (Wildman–Crippen MR) is 97.4 cm³/mol. The van der Waals surface area contributed by atoms with Crippen molar-refractivity contribution in [2.75, 3.05) is 5.32 Å². The van der Waals surface area contributed by atoms with Crippen LogP contribution in [-0.4, -0.2) is 15.2 Å². The molecule has 5 rings (SSSR count). The van der Waals surface area contributed by atoms with E-state index in [1.807, 2.05) is 24.3 Å². The van der Waals surface area contributed by atoms with Gasteiger partial charge in [0.1, 0.15) is 17.6 Å². The van der Waals surface area contributed by atoms with E-state index in [4.69, 9.17) is 9.68 Å². The highest BCUT2D eigenvalue weighted by Crippen LogP contribution is 2.36. The summed E-state index contributed by atoms with van der Waals surface area (Å²) in [6.45, 7) is 0. The molecule has 2 aromatic carbocycles. The van der Waals surface area contributed by atoms with E-state index >= 15 is 0 Å². The zero-order valence-electron chi connectivity index (χ0n) is 14.2. The molecular weight excluding hydrogens is 345 g/mol. The normalized spacial score (nSPS) is 15.6. The van der Waals surface area contributed by atoms with Gasteiger partial charge in [0, 0.05) is 11.1 Å². The maximum Gasteiger partial charge on any atom is 0.181 e. The minimum absolute atomic E-state index is 0.000299. The molecule has 6 nitrogen and oxygen atoms in total. The first-order valence-corrected chi connectivity index (χ1v) is 8.59. The molecule has 7 heteroatoms. The Morgan fingerprint density at radius 1 is 1.30 bits per heavy atom. The first-order chi connectivity index (χ1) is 13.2. The summed E-state index contributed by atoms with van der Waals surface area (Å²) in [7, 11) is 0. The van der Waals surface area contributed by atoms with Crippen LogP contribution in [0.3, 0.4) is 0 Å². The summed E-state index contributed by atoms with van der Waals surface area (Å²) in [5.74, 6) is 0.124. The molecule has 27 heavy (non-hydrogen) atoms.